The van der Waals surface area contributed by atoms with Gasteiger partial charge in [0.05, 0.1) is 12.6 Å². The van der Waals surface area contributed by atoms with Crippen LogP contribution in [0.1, 0.15) is 30.9 Å². The molecule has 1 aliphatic heterocycles. The van der Waals surface area contributed by atoms with E-state index in [-0.39, 0.29) is 6.04 Å². The maximum Gasteiger partial charge on any atom is 0.159 e. The second kappa shape index (κ2) is 7.14. The van der Waals surface area contributed by atoms with E-state index >= 15 is 0 Å². The van der Waals surface area contributed by atoms with Crippen molar-refractivity contribution >= 4 is 0 Å². The van der Waals surface area contributed by atoms with E-state index < -0.39 is 17.7 Å². The molecule has 0 amide bonds. The minimum absolute atomic E-state index is 0.255. The quantitative estimate of drug-likeness (QED) is 0.916. The van der Waals surface area contributed by atoms with Gasteiger partial charge < -0.3 is 5.11 Å². The third-order valence-corrected chi connectivity index (χ3v) is 4.35. The van der Waals surface area contributed by atoms with Crippen LogP contribution < -0.4 is 0 Å². The number of aromatic nitrogens is 3. The summed E-state index contributed by atoms with van der Waals surface area (Å²) < 4.78 is 28.1. The van der Waals surface area contributed by atoms with Crippen LogP contribution in [-0.4, -0.2) is 43.9 Å². The van der Waals surface area contributed by atoms with Gasteiger partial charge in [0.1, 0.15) is 12.7 Å². The molecule has 1 aliphatic rings. The molecule has 2 heterocycles. The summed E-state index contributed by atoms with van der Waals surface area (Å²) in [4.78, 5) is 6.14. The Balaban J connectivity index is 1.67. The molecule has 0 radical (unpaired) electrons. The zero-order valence-corrected chi connectivity index (χ0v) is 12.8. The molecule has 1 saturated heterocycles. The van der Waals surface area contributed by atoms with Crippen molar-refractivity contribution in [1.29, 1.82) is 0 Å². The van der Waals surface area contributed by atoms with Crippen LogP contribution in [0.25, 0.3) is 0 Å². The van der Waals surface area contributed by atoms with Gasteiger partial charge in [0.2, 0.25) is 0 Å². The second-order valence-electron chi connectivity index (χ2n) is 5.95. The maximum absolute atomic E-state index is 13.3. The van der Waals surface area contributed by atoms with Gasteiger partial charge in [0, 0.05) is 12.6 Å². The topological polar surface area (TPSA) is 54.2 Å². The van der Waals surface area contributed by atoms with Crippen molar-refractivity contribution in [1.82, 2.24) is 19.7 Å². The van der Waals surface area contributed by atoms with Crippen LogP contribution in [0.3, 0.4) is 0 Å². The van der Waals surface area contributed by atoms with Crippen molar-refractivity contribution in [3.8, 4) is 0 Å². The zero-order valence-electron chi connectivity index (χ0n) is 12.8. The first-order valence-electron chi connectivity index (χ1n) is 7.83. The molecule has 1 aromatic heterocycles. The molecule has 7 heteroatoms. The molecule has 1 aromatic carbocycles. The Morgan fingerprint density at radius 3 is 2.87 bits per heavy atom. The first-order chi connectivity index (χ1) is 11.1. The summed E-state index contributed by atoms with van der Waals surface area (Å²) in [7, 11) is 0. The minimum Gasteiger partial charge on any atom is -0.387 e. The van der Waals surface area contributed by atoms with E-state index in [9.17, 15) is 13.9 Å². The number of likely N-dealkylation sites (tertiary alicyclic amines) is 1. The Hall–Kier alpha value is -1.86. The van der Waals surface area contributed by atoms with Gasteiger partial charge in [-0.2, -0.15) is 5.10 Å². The van der Waals surface area contributed by atoms with E-state index in [0.717, 1.165) is 37.9 Å². The van der Waals surface area contributed by atoms with Gasteiger partial charge in [-0.1, -0.05) is 12.5 Å². The number of benzene rings is 1. The van der Waals surface area contributed by atoms with Gasteiger partial charge in [-0.05, 0) is 37.1 Å². The average molecular weight is 322 g/mol. The number of piperidine rings is 1. The van der Waals surface area contributed by atoms with Gasteiger partial charge in [0.25, 0.3) is 0 Å². The standard InChI is InChI=1S/C16H20F2N4O/c17-14-5-4-12(7-15(14)18)16(23)9-21-6-2-1-3-13(21)8-22-11-19-10-20-22/h4-5,7,10-11,13,16,23H,1-3,6,8-9H2. The van der Waals surface area contributed by atoms with Crippen LogP contribution in [0.5, 0.6) is 0 Å². The van der Waals surface area contributed by atoms with Crippen molar-refractivity contribution in [3.05, 3.63) is 48.1 Å². The van der Waals surface area contributed by atoms with Crippen LogP contribution in [0.2, 0.25) is 0 Å². The van der Waals surface area contributed by atoms with E-state index in [1.807, 2.05) is 0 Å². The number of hydrogen-bond acceptors (Lipinski definition) is 4. The predicted molar refractivity (Wildman–Crippen MR) is 80.6 cm³/mol. The number of nitrogens with zero attached hydrogens (tertiary/aromatic N) is 4. The third kappa shape index (κ3) is 3.92. The van der Waals surface area contributed by atoms with Gasteiger partial charge in [-0.25, -0.2) is 13.8 Å². The molecular formula is C16H20F2N4O. The van der Waals surface area contributed by atoms with E-state index in [4.69, 9.17) is 0 Å². The Bertz CT molecular complexity index is 635. The number of aliphatic hydroxyl groups is 1. The summed E-state index contributed by atoms with van der Waals surface area (Å²) in [6, 6.07) is 3.80. The van der Waals surface area contributed by atoms with Crippen molar-refractivity contribution in [2.24, 2.45) is 0 Å². The fourth-order valence-corrected chi connectivity index (χ4v) is 3.10. The Kier molecular flexibility index (Phi) is 4.97. The summed E-state index contributed by atoms with van der Waals surface area (Å²) in [5, 5.41) is 14.5. The predicted octanol–water partition coefficient (Wildman–Crippen LogP) is 2.14. The Morgan fingerprint density at radius 1 is 1.26 bits per heavy atom. The Labute approximate surface area is 133 Å². The molecule has 23 heavy (non-hydrogen) atoms. The fraction of sp³-hybridized carbons (Fsp3) is 0.500. The van der Waals surface area contributed by atoms with E-state index in [1.54, 1.807) is 11.0 Å². The lowest BCUT2D eigenvalue weighted by Crippen LogP contribution is -2.44. The zero-order chi connectivity index (χ0) is 16.2. The van der Waals surface area contributed by atoms with Gasteiger partial charge in [-0.15, -0.1) is 0 Å². The smallest absolute Gasteiger partial charge is 0.159 e. The summed E-state index contributed by atoms with van der Waals surface area (Å²) in [5.74, 6) is -1.83. The molecule has 1 fully saturated rings. The number of rotatable bonds is 5. The molecule has 0 saturated carbocycles. The number of aliphatic hydroxyl groups excluding tert-OH is 1. The number of hydrogen-bond donors (Lipinski definition) is 1. The summed E-state index contributed by atoms with van der Waals surface area (Å²) >= 11 is 0. The second-order valence-corrected chi connectivity index (χ2v) is 5.95. The minimum atomic E-state index is -0.931. The fourth-order valence-electron chi connectivity index (χ4n) is 3.10. The van der Waals surface area contributed by atoms with Gasteiger partial charge in [-0.3, -0.25) is 9.58 Å². The van der Waals surface area contributed by atoms with Gasteiger partial charge in [0.15, 0.2) is 11.6 Å². The molecule has 0 spiro atoms. The molecule has 2 aromatic rings. The molecule has 0 bridgehead atoms. The number of β-amino-alcohol motifs (C(OH)–C–C–N with tert-alkyl or cyclic N) is 1. The molecule has 0 aliphatic carbocycles. The van der Waals surface area contributed by atoms with Crippen molar-refractivity contribution in [3.63, 3.8) is 0 Å². The largest absolute Gasteiger partial charge is 0.387 e. The van der Waals surface area contributed by atoms with Crippen LogP contribution in [0, 0.1) is 11.6 Å². The average Bonchev–Trinajstić information content (AvgIpc) is 3.05. The van der Waals surface area contributed by atoms with Crippen LogP contribution in [0.15, 0.2) is 30.9 Å². The van der Waals surface area contributed by atoms with E-state index in [0.29, 0.717) is 18.7 Å². The monoisotopic (exact) mass is 322 g/mol. The molecule has 2 atom stereocenters. The first-order valence-corrected chi connectivity index (χ1v) is 7.83. The summed E-state index contributed by atoms with van der Waals surface area (Å²) in [6.45, 7) is 1.98. The molecule has 2 unspecified atom stereocenters. The summed E-state index contributed by atoms with van der Waals surface area (Å²) in [6.07, 6.45) is 5.56. The SMILES string of the molecule is OC(CN1CCCCC1Cn1cncn1)c1ccc(F)c(F)c1. The van der Waals surface area contributed by atoms with Crippen molar-refractivity contribution in [2.45, 2.75) is 38.0 Å². The highest BCUT2D eigenvalue weighted by atomic mass is 19.2. The molecule has 3 rings (SSSR count). The van der Waals surface area contributed by atoms with Crippen LogP contribution in [-0.2, 0) is 6.54 Å². The highest BCUT2D eigenvalue weighted by molar-refractivity contribution is 5.20. The van der Waals surface area contributed by atoms with E-state index in [2.05, 4.69) is 15.0 Å². The molecular weight excluding hydrogens is 302 g/mol. The normalized spacial score (nSPS) is 20.6. The Morgan fingerprint density at radius 2 is 2.13 bits per heavy atom. The van der Waals surface area contributed by atoms with Crippen LogP contribution in [0.4, 0.5) is 8.78 Å². The lowest BCUT2D eigenvalue weighted by atomic mass is 10.00. The van der Waals surface area contributed by atoms with Crippen LogP contribution >= 0.6 is 0 Å². The maximum atomic E-state index is 13.3. The molecule has 5 nitrogen and oxygen atoms in total. The summed E-state index contributed by atoms with van der Waals surface area (Å²) in [5.41, 5.74) is 0.397. The highest BCUT2D eigenvalue weighted by Gasteiger charge is 2.25. The molecule has 124 valence electrons. The van der Waals surface area contributed by atoms with Crippen molar-refractivity contribution in [2.75, 3.05) is 13.1 Å². The number of halogens is 2. The highest BCUT2D eigenvalue weighted by Crippen LogP contribution is 2.23. The lowest BCUT2D eigenvalue weighted by Gasteiger charge is -2.36. The third-order valence-electron chi connectivity index (χ3n) is 4.35. The lowest BCUT2D eigenvalue weighted by molar-refractivity contribution is 0.0589. The van der Waals surface area contributed by atoms with Crippen molar-refractivity contribution < 1.29 is 13.9 Å². The van der Waals surface area contributed by atoms with E-state index in [1.165, 1.54) is 12.4 Å². The van der Waals surface area contributed by atoms with Gasteiger partial charge >= 0.3 is 0 Å². The first kappa shape index (κ1) is 16.0. The molecule has 1 N–H and O–H groups in total.